The zero-order chi connectivity index (χ0) is 15.7. The fraction of sp³-hybridized carbons (Fsp3) is 0.286. The van der Waals surface area contributed by atoms with E-state index in [4.69, 9.17) is 0 Å². The average molecular weight is 364 g/mol. The summed E-state index contributed by atoms with van der Waals surface area (Å²) in [4.78, 5) is 26.4. The molecule has 22 heavy (non-hydrogen) atoms. The highest BCUT2D eigenvalue weighted by molar-refractivity contribution is 9.10. The van der Waals surface area contributed by atoms with E-state index in [1.54, 1.807) is 18.5 Å². The van der Waals surface area contributed by atoms with E-state index in [0.717, 1.165) is 5.52 Å². The summed E-state index contributed by atoms with van der Waals surface area (Å²) in [6.07, 6.45) is 2.18. The molecule has 1 atom stereocenters. The summed E-state index contributed by atoms with van der Waals surface area (Å²) < 4.78 is 0.712. The molecule has 3 rings (SSSR count). The van der Waals surface area contributed by atoms with E-state index in [-0.39, 0.29) is 5.91 Å². The van der Waals surface area contributed by atoms with Gasteiger partial charge in [-0.05, 0) is 35.0 Å². The lowest BCUT2D eigenvalue weighted by atomic mass is 10.2. The maximum absolute atomic E-state index is 12.0. The third-order valence-corrected chi connectivity index (χ3v) is 4.06. The average Bonchev–Trinajstić information content (AvgIpc) is 2.97. The second kappa shape index (κ2) is 5.98. The van der Waals surface area contributed by atoms with Gasteiger partial charge < -0.3 is 10.4 Å². The molecule has 1 fully saturated rings. The molecule has 2 aromatic rings. The van der Waals surface area contributed by atoms with Crippen molar-refractivity contribution in [3.63, 3.8) is 0 Å². The predicted octanol–water partition coefficient (Wildman–Crippen LogP) is 1.19. The number of rotatable bonds is 2. The summed E-state index contributed by atoms with van der Waals surface area (Å²) in [5.74, 6) is 0.0512. The largest absolute Gasteiger partial charge is 0.384 e. The van der Waals surface area contributed by atoms with Gasteiger partial charge in [0.05, 0.1) is 15.7 Å². The molecule has 2 heterocycles. The van der Waals surface area contributed by atoms with Gasteiger partial charge in [0, 0.05) is 25.5 Å². The van der Waals surface area contributed by atoms with Crippen LogP contribution in [-0.4, -0.2) is 51.0 Å². The molecular formula is C14H14BrN5O2. The minimum atomic E-state index is -1.06. The number of nitrogens with zero attached hydrogens (tertiary/aromatic N) is 4. The number of benzene rings is 1. The number of aliphatic hydroxyl groups excluding tert-OH is 1. The first-order chi connectivity index (χ1) is 10.6. The van der Waals surface area contributed by atoms with Crippen molar-refractivity contribution in [3.05, 3.63) is 29.0 Å². The van der Waals surface area contributed by atoms with Gasteiger partial charge in [0.25, 0.3) is 5.91 Å². The third kappa shape index (κ3) is 2.67. The van der Waals surface area contributed by atoms with E-state index in [1.807, 2.05) is 6.07 Å². The van der Waals surface area contributed by atoms with Crippen LogP contribution in [0.3, 0.4) is 0 Å². The molecule has 0 spiro atoms. The minimum absolute atomic E-state index is 0.375. The van der Waals surface area contributed by atoms with Crippen molar-refractivity contribution in [3.8, 4) is 0 Å². The third-order valence-electron chi connectivity index (χ3n) is 3.28. The van der Waals surface area contributed by atoms with Gasteiger partial charge in [0.2, 0.25) is 5.96 Å². The van der Waals surface area contributed by atoms with Gasteiger partial charge in [-0.15, -0.1) is 0 Å². The molecule has 8 heteroatoms. The molecule has 1 aromatic heterocycles. The first kappa shape index (κ1) is 14.9. The number of hydrogen-bond donors (Lipinski definition) is 2. The Bertz CT molecular complexity index is 762. The molecule has 2 N–H and O–H groups in total. The number of aliphatic hydroxyl groups is 1. The summed E-state index contributed by atoms with van der Waals surface area (Å²) >= 11 is 3.48. The Hall–Kier alpha value is -2.06. The predicted molar refractivity (Wildman–Crippen MR) is 85.7 cm³/mol. The number of guanidine groups is 1. The van der Waals surface area contributed by atoms with Crippen molar-refractivity contribution in [2.75, 3.05) is 13.1 Å². The number of nitrogens with one attached hydrogen (secondary N) is 1. The Balaban J connectivity index is 2.01. The van der Waals surface area contributed by atoms with Gasteiger partial charge in [-0.1, -0.05) is 0 Å². The van der Waals surface area contributed by atoms with Crippen LogP contribution in [-0.2, 0) is 4.79 Å². The van der Waals surface area contributed by atoms with Crippen LogP contribution >= 0.6 is 15.9 Å². The summed E-state index contributed by atoms with van der Waals surface area (Å²) in [6, 6.07) is 3.63. The highest BCUT2D eigenvalue weighted by Crippen LogP contribution is 2.31. The maximum Gasteiger partial charge on any atom is 0.257 e. The van der Waals surface area contributed by atoms with Crippen LogP contribution in [0.5, 0.6) is 0 Å². The smallest absolute Gasteiger partial charge is 0.257 e. The van der Waals surface area contributed by atoms with Gasteiger partial charge in [0.1, 0.15) is 11.6 Å². The Labute approximate surface area is 135 Å². The van der Waals surface area contributed by atoms with Crippen molar-refractivity contribution >= 4 is 44.5 Å². The molecule has 0 bridgehead atoms. The van der Waals surface area contributed by atoms with Gasteiger partial charge in [-0.3, -0.25) is 19.7 Å². The molecule has 1 saturated heterocycles. The second-order valence-electron chi connectivity index (χ2n) is 4.85. The highest BCUT2D eigenvalue weighted by Gasteiger charge is 2.27. The molecule has 1 amide bonds. The summed E-state index contributed by atoms with van der Waals surface area (Å²) in [5, 5.41) is 12.5. The van der Waals surface area contributed by atoms with Crippen molar-refractivity contribution < 1.29 is 9.90 Å². The summed E-state index contributed by atoms with van der Waals surface area (Å²) in [6.45, 7) is 2.52. The first-order valence-corrected chi connectivity index (χ1v) is 7.58. The van der Waals surface area contributed by atoms with Crippen molar-refractivity contribution in [1.29, 1.82) is 0 Å². The Morgan fingerprint density at radius 1 is 1.45 bits per heavy atom. The summed E-state index contributed by atoms with van der Waals surface area (Å²) in [5.41, 5.74) is 2.10. The van der Waals surface area contributed by atoms with Crippen LogP contribution in [0.25, 0.3) is 11.0 Å². The first-order valence-electron chi connectivity index (χ1n) is 6.79. The van der Waals surface area contributed by atoms with Gasteiger partial charge in [0.15, 0.2) is 0 Å². The number of hydrogen-bond acceptors (Lipinski definition) is 5. The lowest BCUT2D eigenvalue weighted by Gasteiger charge is -2.17. The van der Waals surface area contributed by atoms with E-state index >= 15 is 0 Å². The molecule has 1 aromatic carbocycles. The molecule has 1 aliphatic rings. The quantitative estimate of drug-likeness (QED) is 0.836. The number of aromatic nitrogens is 2. The van der Waals surface area contributed by atoms with Gasteiger partial charge >= 0.3 is 0 Å². The van der Waals surface area contributed by atoms with Crippen LogP contribution in [0.15, 0.2) is 34.0 Å². The van der Waals surface area contributed by atoms with E-state index in [1.165, 1.54) is 11.8 Å². The van der Waals surface area contributed by atoms with E-state index < -0.39 is 6.10 Å². The number of halogens is 1. The molecule has 0 radical (unpaired) electrons. The van der Waals surface area contributed by atoms with Crippen LogP contribution < -0.4 is 5.32 Å². The number of fused-ring (bicyclic) bond motifs is 1. The molecule has 0 saturated carbocycles. The topological polar surface area (TPSA) is 90.7 Å². The Kier molecular flexibility index (Phi) is 4.04. The fourth-order valence-electron chi connectivity index (χ4n) is 2.21. The SMILES string of the molecule is C[C@H](O)C(=O)N1CCN/C1=N\c1ccc2nccnc2c1Br. The second-order valence-corrected chi connectivity index (χ2v) is 5.64. The minimum Gasteiger partial charge on any atom is -0.384 e. The molecule has 114 valence electrons. The lowest BCUT2D eigenvalue weighted by Crippen LogP contribution is -2.40. The molecule has 1 aliphatic heterocycles. The number of carbonyl (C=O) groups excluding carboxylic acids is 1. The molecule has 0 aliphatic carbocycles. The van der Waals surface area contributed by atoms with Gasteiger partial charge in [-0.25, -0.2) is 4.99 Å². The Morgan fingerprint density at radius 3 is 3.00 bits per heavy atom. The van der Waals surface area contributed by atoms with Crippen molar-refractivity contribution in [2.45, 2.75) is 13.0 Å². The highest BCUT2D eigenvalue weighted by atomic mass is 79.9. The van der Waals surface area contributed by atoms with Crippen LogP contribution in [0, 0.1) is 0 Å². The molecule has 7 nitrogen and oxygen atoms in total. The summed E-state index contributed by atoms with van der Waals surface area (Å²) in [7, 11) is 0. The molecular weight excluding hydrogens is 350 g/mol. The molecule has 0 unspecified atom stereocenters. The van der Waals surface area contributed by atoms with Crippen LogP contribution in [0.4, 0.5) is 5.69 Å². The normalized spacial score (nSPS) is 17.8. The van der Waals surface area contributed by atoms with Crippen LogP contribution in [0.2, 0.25) is 0 Å². The number of amides is 1. The zero-order valence-corrected chi connectivity index (χ0v) is 13.4. The number of carbonyl (C=O) groups is 1. The van der Waals surface area contributed by atoms with Crippen molar-refractivity contribution in [2.24, 2.45) is 4.99 Å². The Morgan fingerprint density at radius 2 is 2.23 bits per heavy atom. The van der Waals surface area contributed by atoms with Gasteiger partial charge in [-0.2, -0.15) is 0 Å². The van der Waals surface area contributed by atoms with E-state index in [9.17, 15) is 9.90 Å². The standard InChI is InChI=1S/C14H14BrN5O2/c1-8(21)13(22)20-7-6-18-14(20)19-9-2-3-10-12(11(9)15)17-5-4-16-10/h2-5,8,21H,6-7H2,1H3,(H,18,19)/t8-/m0/s1. The van der Waals surface area contributed by atoms with E-state index in [2.05, 4.69) is 36.2 Å². The fourth-order valence-corrected chi connectivity index (χ4v) is 2.74. The lowest BCUT2D eigenvalue weighted by molar-refractivity contribution is -0.134. The maximum atomic E-state index is 12.0. The van der Waals surface area contributed by atoms with E-state index in [0.29, 0.717) is 34.7 Å². The number of aliphatic imine (C=N–C) groups is 1. The van der Waals surface area contributed by atoms with Crippen molar-refractivity contribution in [1.82, 2.24) is 20.2 Å². The monoisotopic (exact) mass is 363 g/mol. The zero-order valence-electron chi connectivity index (χ0n) is 11.8. The van der Waals surface area contributed by atoms with Crippen LogP contribution in [0.1, 0.15) is 6.92 Å².